The number of benzene rings is 4. The Hall–Kier alpha value is -5.75. The number of fused-ring (bicyclic) bond motifs is 2. The van der Waals surface area contributed by atoms with Crippen LogP contribution in [0.1, 0.15) is 23.0 Å². The number of carbonyl (C=O) groups is 2. The van der Waals surface area contributed by atoms with E-state index in [-0.39, 0.29) is 22.5 Å². The van der Waals surface area contributed by atoms with Gasteiger partial charge in [-0.3, -0.25) is 14.3 Å². The van der Waals surface area contributed by atoms with Crippen molar-refractivity contribution in [1.82, 2.24) is 10.1 Å². The number of pyridine rings is 1. The van der Waals surface area contributed by atoms with Crippen LogP contribution in [0.25, 0.3) is 21.8 Å². The first-order valence-corrected chi connectivity index (χ1v) is 15.0. The van der Waals surface area contributed by atoms with E-state index in [0.717, 1.165) is 5.39 Å². The number of anilines is 5. The van der Waals surface area contributed by atoms with Crippen molar-refractivity contribution in [2.24, 2.45) is 0 Å². The molecule has 0 aliphatic rings. The number of rotatable bonds is 8. The maximum absolute atomic E-state index is 13.4. The number of aryl methyl sites for hydroxylation is 1. The highest BCUT2D eigenvalue weighted by Gasteiger charge is 2.19. The fourth-order valence-electron chi connectivity index (χ4n) is 4.74. The van der Waals surface area contributed by atoms with Crippen molar-refractivity contribution in [1.29, 1.82) is 0 Å². The summed E-state index contributed by atoms with van der Waals surface area (Å²) in [7, 11) is -3.88. The number of hydrogen-bond acceptors (Lipinski definition) is 8. The topological polar surface area (TPSA) is 155 Å². The van der Waals surface area contributed by atoms with Crippen molar-refractivity contribution >= 4 is 72.2 Å². The Morgan fingerprint density at radius 2 is 1.43 bits per heavy atom. The predicted molar refractivity (Wildman–Crippen MR) is 170 cm³/mol. The van der Waals surface area contributed by atoms with Crippen LogP contribution < -0.4 is 20.7 Å². The molecule has 0 saturated carbocycles. The summed E-state index contributed by atoms with van der Waals surface area (Å²) in [5.41, 5.74) is 4.07. The van der Waals surface area contributed by atoms with Gasteiger partial charge in [-0.1, -0.05) is 35.5 Å². The van der Waals surface area contributed by atoms with E-state index in [1.165, 1.54) is 25.1 Å². The zero-order chi connectivity index (χ0) is 30.8. The maximum Gasteiger partial charge on any atom is 0.263 e. The summed E-state index contributed by atoms with van der Waals surface area (Å²) in [5, 5.41) is 14.2. The summed E-state index contributed by atoms with van der Waals surface area (Å²) in [6, 6.07) is 27.5. The molecule has 11 nitrogen and oxygen atoms in total. The van der Waals surface area contributed by atoms with Crippen molar-refractivity contribution in [3.63, 3.8) is 0 Å². The molecule has 0 radical (unpaired) electrons. The molecule has 0 unspecified atom stereocenters. The zero-order valence-electron chi connectivity index (χ0n) is 23.6. The highest BCUT2D eigenvalue weighted by atomic mass is 32.2. The van der Waals surface area contributed by atoms with E-state index >= 15 is 0 Å². The smallest absolute Gasteiger partial charge is 0.263 e. The van der Waals surface area contributed by atoms with Crippen molar-refractivity contribution < 1.29 is 22.5 Å². The molecule has 0 aliphatic carbocycles. The lowest BCUT2D eigenvalue weighted by Gasteiger charge is -2.16. The van der Waals surface area contributed by atoms with Crippen molar-refractivity contribution in [2.75, 3.05) is 20.7 Å². The molecular weight excluding hydrogens is 580 g/mol. The monoisotopic (exact) mass is 606 g/mol. The molecular formula is C32H26N6O5S. The highest BCUT2D eigenvalue weighted by molar-refractivity contribution is 7.92. The third-order valence-electron chi connectivity index (χ3n) is 6.72. The molecule has 2 amide bonds. The molecule has 4 N–H and O–H groups in total. The van der Waals surface area contributed by atoms with Gasteiger partial charge in [0.25, 0.3) is 15.9 Å². The van der Waals surface area contributed by atoms with Crippen LogP contribution in [-0.2, 0) is 14.8 Å². The second-order valence-electron chi connectivity index (χ2n) is 10.00. The van der Waals surface area contributed by atoms with Gasteiger partial charge in [0.1, 0.15) is 5.76 Å². The number of amides is 2. The summed E-state index contributed by atoms with van der Waals surface area (Å²) in [4.78, 5) is 29.6. The fraction of sp³-hybridized carbons (Fsp3) is 0.0625. The van der Waals surface area contributed by atoms with E-state index in [1.54, 1.807) is 55.5 Å². The van der Waals surface area contributed by atoms with E-state index in [4.69, 9.17) is 9.51 Å². The lowest BCUT2D eigenvalue weighted by Crippen LogP contribution is -2.13. The molecule has 0 atom stereocenters. The number of nitrogens with one attached hydrogen (secondary N) is 4. The van der Waals surface area contributed by atoms with Crippen LogP contribution in [0, 0.1) is 6.92 Å². The number of carbonyl (C=O) groups excluding carboxylic acids is 2. The van der Waals surface area contributed by atoms with Gasteiger partial charge in [-0.15, -0.1) is 0 Å². The van der Waals surface area contributed by atoms with Gasteiger partial charge in [-0.05, 0) is 67.6 Å². The normalized spacial score (nSPS) is 11.3. The molecule has 2 aromatic heterocycles. The first-order chi connectivity index (χ1) is 21.2. The van der Waals surface area contributed by atoms with Crippen LogP contribution in [0.2, 0.25) is 0 Å². The molecule has 0 fully saturated rings. The molecule has 0 aliphatic heterocycles. The second-order valence-corrected chi connectivity index (χ2v) is 11.7. The molecule has 44 heavy (non-hydrogen) atoms. The minimum Gasteiger partial charge on any atom is -0.360 e. The third kappa shape index (κ3) is 5.92. The summed E-state index contributed by atoms with van der Waals surface area (Å²) >= 11 is 0. The SMILES string of the molecule is CC(=O)Nc1ccc(NC(=O)c2cccc3c(Nc4ccc(S(=O)(=O)Nc5cc(C)on5)cc4)c4ccccc4nc23)cc1. The second kappa shape index (κ2) is 11.5. The van der Waals surface area contributed by atoms with Crippen LogP contribution >= 0.6 is 0 Å². The van der Waals surface area contributed by atoms with Gasteiger partial charge in [0.15, 0.2) is 5.82 Å². The Bertz CT molecular complexity index is 2140. The quantitative estimate of drug-likeness (QED) is 0.144. The molecule has 6 rings (SSSR count). The molecule has 2 heterocycles. The van der Waals surface area contributed by atoms with Gasteiger partial charge < -0.3 is 20.5 Å². The van der Waals surface area contributed by atoms with Crippen molar-refractivity contribution in [3.8, 4) is 0 Å². The van der Waals surface area contributed by atoms with Crippen LogP contribution in [0.3, 0.4) is 0 Å². The summed E-state index contributed by atoms with van der Waals surface area (Å²) < 4.78 is 33.0. The van der Waals surface area contributed by atoms with Crippen LogP contribution in [0.5, 0.6) is 0 Å². The fourth-order valence-corrected chi connectivity index (χ4v) is 5.73. The Kier molecular flexibility index (Phi) is 7.41. The third-order valence-corrected chi connectivity index (χ3v) is 8.09. The van der Waals surface area contributed by atoms with Crippen molar-refractivity contribution in [3.05, 3.63) is 108 Å². The van der Waals surface area contributed by atoms with E-state index in [0.29, 0.717) is 50.5 Å². The van der Waals surface area contributed by atoms with E-state index in [2.05, 4.69) is 25.8 Å². The lowest BCUT2D eigenvalue weighted by molar-refractivity contribution is -0.114. The molecule has 0 bridgehead atoms. The van der Waals surface area contributed by atoms with Crippen LogP contribution in [0.15, 0.2) is 106 Å². The molecule has 0 spiro atoms. The van der Waals surface area contributed by atoms with Gasteiger partial charge in [0.2, 0.25) is 5.91 Å². The number of hydrogen-bond donors (Lipinski definition) is 4. The summed E-state index contributed by atoms with van der Waals surface area (Å²) in [6.45, 7) is 3.10. The van der Waals surface area contributed by atoms with Crippen LogP contribution in [-0.4, -0.2) is 30.4 Å². The Morgan fingerprint density at radius 3 is 2.11 bits per heavy atom. The number of nitrogens with zero attached hydrogens (tertiary/aromatic N) is 2. The molecule has 6 aromatic rings. The van der Waals surface area contributed by atoms with E-state index in [1.807, 2.05) is 30.3 Å². The van der Waals surface area contributed by atoms with Gasteiger partial charge in [0.05, 0.1) is 27.2 Å². The Labute approximate surface area is 252 Å². The minimum absolute atomic E-state index is 0.0530. The average Bonchev–Trinajstić information content (AvgIpc) is 3.41. The number of sulfonamides is 1. The van der Waals surface area contributed by atoms with E-state index in [9.17, 15) is 18.0 Å². The average molecular weight is 607 g/mol. The first kappa shape index (κ1) is 28.4. The maximum atomic E-state index is 13.4. The zero-order valence-corrected chi connectivity index (χ0v) is 24.4. The number of aromatic nitrogens is 2. The van der Waals surface area contributed by atoms with Gasteiger partial charge in [-0.25, -0.2) is 13.4 Å². The highest BCUT2D eigenvalue weighted by Crippen LogP contribution is 2.35. The number of para-hydroxylation sites is 2. The summed E-state index contributed by atoms with van der Waals surface area (Å²) in [6.07, 6.45) is 0. The molecule has 0 saturated heterocycles. The first-order valence-electron chi connectivity index (χ1n) is 13.5. The summed E-state index contributed by atoms with van der Waals surface area (Å²) in [5.74, 6) is 0.0514. The minimum atomic E-state index is -3.88. The lowest BCUT2D eigenvalue weighted by atomic mass is 10.0. The molecule has 12 heteroatoms. The largest absolute Gasteiger partial charge is 0.360 e. The predicted octanol–water partition coefficient (Wildman–Crippen LogP) is 6.44. The van der Waals surface area contributed by atoms with E-state index < -0.39 is 10.0 Å². The molecule has 4 aromatic carbocycles. The van der Waals surface area contributed by atoms with Gasteiger partial charge in [0, 0.05) is 40.8 Å². The van der Waals surface area contributed by atoms with Gasteiger partial charge >= 0.3 is 0 Å². The Morgan fingerprint density at radius 1 is 0.773 bits per heavy atom. The van der Waals surface area contributed by atoms with Crippen molar-refractivity contribution in [2.45, 2.75) is 18.7 Å². The standard InChI is InChI=1S/C32H26N6O5S/c1-19-18-29(37-43-19)38-44(41,42)24-16-14-22(15-17-24)34-30-25-6-3-4-9-28(25)36-31-26(30)7-5-8-27(31)32(40)35-23-12-10-21(11-13-23)33-20(2)39/h3-18H,1-2H3,(H,33,39)(H,34,36)(H,35,40)(H,37,38). The van der Waals surface area contributed by atoms with Gasteiger partial charge in [-0.2, -0.15) is 0 Å². The van der Waals surface area contributed by atoms with Crippen LogP contribution in [0.4, 0.5) is 28.6 Å². The molecule has 220 valence electrons. The Balaban J connectivity index is 1.32.